The molecule has 0 saturated heterocycles. The van der Waals surface area contributed by atoms with Gasteiger partial charge in [0.15, 0.2) is 0 Å². The van der Waals surface area contributed by atoms with Gasteiger partial charge >= 0.3 is 0 Å². The minimum Gasteiger partial charge on any atom is -0.286 e. The molecule has 0 rings (SSSR count). The largest absolute Gasteiger partial charge is 0.286 e. The fraction of sp³-hybridized carbons (Fsp3) is 1.00. The van der Waals surface area contributed by atoms with E-state index in [2.05, 4.69) is 0 Å². The van der Waals surface area contributed by atoms with E-state index in [0.29, 0.717) is 6.42 Å². The van der Waals surface area contributed by atoms with Crippen molar-refractivity contribution in [1.82, 2.24) is 0 Å². The standard InChI is InChI=1S/C4H10O3S.FH.HI/c1-2-3-4-8(5,6)7;;/h2-4H2,1H3,(H,5,6,7);2*1H. The molecule has 0 aliphatic carbocycles. The summed E-state index contributed by atoms with van der Waals surface area (Å²) in [5.74, 6) is -0.108. The maximum absolute atomic E-state index is 9.95. The first-order chi connectivity index (χ1) is 3.56. The summed E-state index contributed by atoms with van der Waals surface area (Å²) in [5, 5.41) is 0. The zero-order valence-electron chi connectivity index (χ0n) is 5.61. The van der Waals surface area contributed by atoms with E-state index < -0.39 is 10.1 Å². The molecule has 10 heavy (non-hydrogen) atoms. The minimum absolute atomic E-state index is 0. The number of unbranched alkanes of at least 4 members (excludes halogenated alkanes) is 1. The van der Waals surface area contributed by atoms with Gasteiger partial charge in [0.2, 0.25) is 0 Å². The molecule has 0 fully saturated rings. The molecule has 1 N–H and O–H groups in total. The Hall–Kier alpha value is 0.570. The molecule has 66 valence electrons. The summed E-state index contributed by atoms with van der Waals surface area (Å²) in [6.07, 6.45) is 1.33. The van der Waals surface area contributed by atoms with Crippen LogP contribution in [-0.4, -0.2) is 18.7 Å². The van der Waals surface area contributed by atoms with Crippen LogP contribution in [0, 0.1) is 0 Å². The smallest absolute Gasteiger partial charge is 0.264 e. The van der Waals surface area contributed by atoms with Crippen LogP contribution >= 0.6 is 24.0 Å². The van der Waals surface area contributed by atoms with Gasteiger partial charge in [0.25, 0.3) is 10.1 Å². The Morgan fingerprint density at radius 2 is 1.80 bits per heavy atom. The zero-order valence-corrected chi connectivity index (χ0v) is 8.76. The second-order valence-corrected chi connectivity index (χ2v) is 3.21. The van der Waals surface area contributed by atoms with Crippen LogP contribution < -0.4 is 0 Å². The highest BCUT2D eigenvalue weighted by Gasteiger charge is 2.00. The highest BCUT2D eigenvalue weighted by molar-refractivity contribution is 14.0. The van der Waals surface area contributed by atoms with Gasteiger partial charge in [-0.1, -0.05) is 13.3 Å². The van der Waals surface area contributed by atoms with Gasteiger partial charge < -0.3 is 0 Å². The molecule has 0 spiro atoms. The predicted octanol–water partition coefficient (Wildman–Crippen LogP) is 1.44. The summed E-state index contributed by atoms with van der Waals surface area (Å²) in [6, 6.07) is 0. The second-order valence-electron chi connectivity index (χ2n) is 1.64. The van der Waals surface area contributed by atoms with Crippen LogP contribution in [0.4, 0.5) is 4.70 Å². The van der Waals surface area contributed by atoms with Crippen LogP contribution in [0.1, 0.15) is 19.8 Å². The first kappa shape index (κ1) is 16.9. The zero-order chi connectivity index (χ0) is 6.62. The molecule has 0 aromatic carbocycles. The van der Waals surface area contributed by atoms with Crippen molar-refractivity contribution in [3.63, 3.8) is 0 Å². The molecule has 0 radical (unpaired) electrons. The van der Waals surface area contributed by atoms with Crippen molar-refractivity contribution in [1.29, 1.82) is 0 Å². The monoisotopic (exact) mass is 286 g/mol. The molecule has 0 atom stereocenters. The first-order valence-corrected chi connectivity index (χ1v) is 4.12. The van der Waals surface area contributed by atoms with E-state index in [1.54, 1.807) is 0 Å². The normalized spacial score (nSPS) is 9.40. The second kappa shape index (κ2) is 7.67. The third-order valence-corrected chi connectivity index (χ3v) is 1.56. The van der Waals surface area contributed by atoms with E-state index in [0.717, 1.165) is 6.42 Å². The number of halogens is 2. The van der Waals surface area contributed by atoms with Gasteiger partial charge in [0.05, 0.1) is 5.75 Å². The molecule has 0 heterocycles. The highest BCUT2D eigenvalue weighted by Crippen LogP contribution is 1.90. The van der Waals surface area contributed by atoms with Crippen LogP contribution in [0.25, 0.3) is 0 Å². The minimum atomic E-state index is -3.69. The van der Waals surface area contributed by atoms with Crippen LogP contribution in [0.2, 0.25) is 0 Å². The Balaban J connectivity index is -0.000000245. The lowest BCUT2D eigenvalue weighted by atomic mass is 10.4. The van der Waals surface area contributed by atoms with Crippen molar-refractivity contribution in [2.24, 2.45) is 0 Å². The molecule has 6 heteroatoms. The number of hydrogen-bond donors (Lipinski definition) is 1. The topological polar surface area (TPSA) is 54.4 Å². The summed E-state index contributed by atoms with van der Waals surface area (Å²) < 4.78 is 28.0. The summed E-state index contributed by atoms with van der Waals surface area (Å²) in [7, 11) is -3.69. The predicted molar refractivity (Wildman–Crippen MR) is 49.2 cm³/mol. The van der Waals surface area contributed by atoms with E-state index in [-0.39, 0.29) is 34.4 Å². The highest BCUT2D eigenvalue weighted by atomic mass is 127. The third kappa shape index (κ3) is 15.8. The third-order valence-electron chi connectivity index (χ3n) is 0.756. The lowest BCUT2D eigenvalue weighted by molar-refractivity contribution is 0.480. The van der Waals surface area contributed by atoms with E-state index in [4.69, 9.17) is 4.55 Å². The molecule has 0 unspecified atom stereocenters. The Labute approximate surface area is 77.3 Å². The Morgan fingerprint density at radius 3 is 1.90 bits per heavy atom. The average Bonchev–Trinajstić information content (AvgIpc) is 1.59. The molecule has 0 amide bonds. The molecule has 0 aliphatic heterocycles. The van der Waals surface area contributed by atoms with Crippen LogP contribution in [-0.2, 0) is 10.1 Å². The maximum Gasteiger partial charge on any atom is 0.264 e. The Kier molecular flexibility index (Phi) is 13.0. The number of hydrogen-bond acceptors (Lipinski definition) is 2. The van der Waals surface area contributed by atoms with E-state index in [1.165, 1.54) is 0 Å². The summed E-state index contributed by atoms with van der Waals surface area (Å²) in [5.41, 5.74) is 0. The number of rotatable bonds is 3. The molecule has 0 aromatic rings. The summed E-state index contributed by atoms with van der Waals surface area (Å²) in [6.45, 7) is 1.87. The molecule has 3 nitrogen and oxygen atoms in total. The van der Waals surface area contributed by atoms with Gasteiger partial charge in [-0.3, -0.25) is 9.26 Å². The Morgan fingerprint density at radius 1 is 1.40 bits per heavy atom. The van der Waals surface area contributed by atoms with Crippen molar-refractivity contribution in [2.45, 2.75) is 19.8 Å². The fourth-order valence-electron chi connectivity index (χ4n) is 0.327. The fourth-order valence-corrected chi connectivity index (χ4v) is 0.980. The van der Waals surface area contributed by atoms with E-state index in [9.17, 15) is 8.42 Å². The van der Waals surface area contributed by atoms with Crippen LogP contribution in [0.5, 0.6) is 0 Å². The molecule has 0 aliphatic rings. The molecular weight excluding hydrogens is 274 g/mol. The van der Waals surface area contributed by atoms with Gasteiger partial charge in [0, 0.05) is 0 Å². The first-order valence-electron chi connectivity index (χ1n) is 2.51. The Bertz CT molecular complexity index is 145. The van der Waals surface area contributed by atoms with Crippen molar-refractivity contribution < 1.29 is 17.7 Å². The quantitative estimate of drug-likeness (QED) is 0.631. The summed E-state index contributed by atoms with van der Waals surface area (Å²) >= 11 is 0. The van der Waals surface area contributed by atoms with E-state index in [1.807, 2.05) is 6.92 Å². The molecule has 0 bridgehead atoms. The van der Waals surface area contributed by atoms with Gasteiger partial charge in [-0.05, 0) is 6.42 Å². The lowest BCUT2D eigenvalue weighted by Crippen LogP contribution is -2.02. The van der Waals surface area contributed by atoms with Crippen LogP contribution in [0.15, 0.2) is 0 Å². The van der Waals surface area contributed by atoms with Gasteiger partial charge in [-0.25, -0.2) is 0 Å². The molecular formula is C4H12FIO3S. The summed E-state index contributed by atoms with van der Waals surface area (Å²) in [4.78, 5) is 0. The SMILES string of the molecule is CCCCS(=O)(=O)O.F.I. The maximum atomic E-state index is 9.95. The average molecular weight is 286 g/mol. The van der Waals surface area contributed by atoms with E-state index >= 15 is 0 Å². The lowest BCUT2D eigenvalue weighted by Gasteiger charge is -1.90. The molecule has 0 aromatic heterocycles. The van der Waals surface area contributed by atoms with Gasteiger partial charge in [-0.2, -0.15) is 8.42 Å². The van der Waals surface area contributed by atoms with Crippen LogP contribution in [0.3, 0.4) is 0 Å². The van der Waals surface area contributed by atoms with Gasteiger partial charge in [-0.15, -0.1) is 24.0 Å². The van der Waals surface area contributed by atoms with Crippen molar-refractivity contribution in [3.05, 3.63) is 0 Å². The van der Waals surface area contributed by atoms with Crippen molar-refractivity contribution >= 4 is 34.1 Å². The van der Waals surface area contributed by atoms with Crippen molar-refractivity contribution in [2.75, 3.05) is 5.75 Å². The molecule has 0 saturated carbocycles. The van der Waals surface area contributed by atoms with Gasteiger partial charge in [0.1, 0.15) is 0 Å². The van der Waals surface area contributed by atoms with Crippen molar-refractivity contribution in [3.8, 4) is 0 Å².